The first kappa shape index (κ1) is 18.1. The molecule has 5 nitrogen and oxygen atoms in total. The van der Waals surface area contributed by atoms with Gasteiger partial charge in [-0.3, -0.25) is 4.48 Å². The minimum absolute atomic E-state index is 0.255. The Hall–Kier alpha value is -2.24. The van der Waals surface area contributed by atoms with E-state index >= 15 is 0 Å². The number of rotatable bonds is 3. The summed E-state index contributed by atoms with van der Waals surface area (Å²) in [6.07, 6.45) is -0.365. The minimum atomic E-state index is -0.365. The number of quaternary nitrogens is 1. The summed E-state index contributed by atoms with van der Waals surface area (Å²) in [5.74, 6) is 2.29. The highest BCUT2D eigenvalue weighted by molar-refractivity contribution is 6.30. The van der Waals surface area contributed by atoms with Crippen molar-refractivity contribution in [1.82, 2.24) is 5.32 Å². The van der Waals surface area contributed by atoms with Gasteiger partial charge in [0.05, 0.1) is 20.1 Å². The Labute approximate surface area is 164 Å². The number of likely N-dealkylation sites (N-methyl/N-ethyl adjacent to an activating group) is 1. The number of hydrogen-bond donors (Lipinski definition) is 1. The maximum atomic E-state index is 11.8. The molecule has 2 aromatic carbocycles. The van der Waals surface area contributed by atoms with Crippen molar-refractivity contribution in [2.24, 2.45) is 0 Å². The fourth-order valence-corrected chi connectivity index (χ4v) is 4.51. The van der Waals surface area contributed by atoms with Crippen LogP contribution in [0.5, 0.6) is 11.5 Å². The molecular weight excluding hydrogens is 364 g/mol. The third kappa shape index (κ3) is 3.49. The van der Waals surface area contributed by atoms with E-state index in [2.05, 4.69) is 24.5 Å². The summed E-state index contributed by atoms with van der Waals surface area (Å²) < 4.78 is 12.4. The third-order valence-corrected chi connectivity index (χ3v) is 5.73. The van der Waals surface area contributed by atoms with Gasteiger partial charge in [-0.1, -0.05) is 29.8 Å². The first-order valence-corrected chi connectivity index (χ1v) is 9.67. The first-order chi connectivity index (χ1) is 13.0. The lowest BCUT2D eigenvalue weighted by atomic mass is 9.84. The number of fused-ring (bicyclic) bond motifs is 5. The summed E-state index contributed by atoms with van der Waals surface area (Å²) in [6.45, 7) is 4.51. The molecular formula is C21H24ClN2O3+. The predicted molar refractivity (Wildman–Crippen MR) is 104 cm³/mol. The van der Waals surface area contributed by atoms with Gasteiger partial charge < -0.3 is 14.8 Å². The maximum Gasteiger partial charge on any atom is 0.411 e. The SMILES string of the molecule is CCNC(=O)OC[N+]1(C)CC2c3ccccc3Oc3ccc(Cl)cc3C2C1. The van der Waals surface area contributed by atoms with Crippen molar-refractivity contribution >= 4 is 17.7 Å². The van der Waals surface area contributed by atoms with Crippen LogP contribution >= 0.6 is 11.6 Å². The van der Waals surface area contributed by atoms with Crippen molar-refractivity contribution in [2.75, 3.05) is 33.4 Å². The van der Waals surface area contributed by atoms with Crippen LogP contribution in [0, 0.1) is 0 Å². The molecule has 1 N–H and O–H groups in total. The van der Waals surface area contributed by atoms with Crippen LogP contribution in [0.4, 0.5) is 4.79 Å². The Balaban J connectivity index is 1.69. The Kier molecular flexibility index (Phi) is 4.74. The zero-order valence-corrected chi connectivity index (χ0v) is 16.3. The van der Waals surface area contributed by atoms with Gasteiger partial charge in [-0.15, -0.1) is 0 Å². The van der Waals surface area contributed by atoms with E-state index in [0.717, 1.165) is 30.2 Å². The minimum Gasteiger partial charge on any atom is -0.457 e. The van der Waals surface area contributed by atoms with Gasteiger partial charge in [-0.25, -0.2) is 4.79 Å². The van der Waals surface area contributed by atoms with Crippen LogP contribution in [0.1, 0.15) is 29.9 Å². The second kappa shape index (κ2) is 7.06. The zero-order chi connectivity index (χ0) is 19.0. The van der Waals surface area contributed by atoms with E-state index in [4.69, 9.17) is 21.1 Å². The molecule has 1 fully saturated rings. The molecule has 3 atom stereocenters. The number of carbonyl (C=O) groups excluding carboxylic acids is 1. The van der Waals surface area contributed by atoms with E-state index in [1.165, 1.54) is 5.56 Å². The Morgan fingerprint density at radius 1 is 1.19 bits per heavy atom. The van der Waals surface area contributed by atoms with E-state index < -0.39 is 0 Å². The summed E-state index contributed by atoms with van der Waals surface area (Å²) in [7, 11) is 2.14. The molecule has 2 aliphatic rings. The molecule has 1 saturated heterocycles. The summed E-state index contributed by atoms with van der Waals surface area (Å²) in [5, 5.41) is 3.40. The zero-order valence-electron chi connectivity index (χ0n) is 15.6. The number of ether oxygens (including phenoxy) is 2. The van der Waals surface area contributed by atoms with Crippen molar-refractivity contribution in [3.05, 3.63) is 58.6 Å². The number of amides is 1. The highest BCUT2D eigenvalue weighted by Gasteiger charge is 2.48. The molecule has 4 rings (SSSR count). The van der Waals surface area contributed by atoms with Crippen LogP contribution in [0.15, 0.2) is 42.5 Å². The van der Waals surface area contributed by atoms with Gasteiger partial charge in [0.1, 0.15) is 11.5 Å². The van der Waals surface area contributed by atoms with Crippen molar-refractivity contribution in [1.29, 1.82) is 0 Å². The number of benzene rings is 2. The molecule has 1 amide bonds. The number of hydrogen-bond acceptors (Lipinski definition) is 3. The Morgan fingerprint density at radius 2 is 1.89 bits per heavy atom. The molecule has 142 valence electrons. The number of nitrogens with zero attached hydrogens (tertiary/aromatic N) is 1. The number of nitrogens with one attached hydrogen (secondary N) is 1. The number of halogens is 1. The van der Waals surface area contributed by atoms with Crippen LogP contribution in [0.2, 0.25) is 5.02 Å². The van der Waals surface area contributed by atoms with Gasteiger partial charge in [0.2, 0.25) is 6.73 Å². The number of para-hydroxylation sites is 1. The smallest absolute Gasteiger partial charge is 0.411 e. The third-order valence-electron chi connectivity index (χ3n) is 5.50. The molecule has 0 radical (unpaired) electrons. The van der Waals surface area contributed by atoms with Crippen LogP contribution in [-0.2, 0) is 4.74 Å². The average Bonchev–Trinajstić information content (AvgIpc) is 2.95. The predicted octanol–water partition coefficient (Wildman–Crippen LogP) is 4.48. The highest BCUT2D eigenvalue weighted by Crippen LogP contribution is 2.51. The van der Waals surface area contributed by atoms with Crippen molar-refractivity contribution in [3.8, 4) is 11.5 Å². The standard InChI is InChI=1S/C21H23ClN2O3/c1-3-23-21(25)26-13-24(2)11-17-15-6-4-5-7-19(15)27-20-9-8-14(22)10-16(20)18(17)12-24/h4-10,17-18H,3,11-13H2,1-2H3/p+1. The molecule has 2 aromatic rings. The van der Waals surface area contributed by atoms with Gasteiger partial charge >= 0.3 is 6.09 Å². The molecule has 27 heavy (non-hydrogen) atoms. The van der Waals surface area contributed by atoms with E-state index in [-0.39, 0.29) is 17.9 Å². The lowest BCUT2D eigenvalue weighted by Gasteiger charge is -2.29. The van der Waals surface area contributed by atoms with E-state index in [1.54, 1.807) is 0 Å². The quantitative estimate of drug-likeness (QED) is 0.790. The van der Waals surface area contributed by atoms with Crippen molar-refractivity contribution < 1.29 is 18.8 Å². The van der Waals surface area contributed by atoms with Gasteiger partial charge in [-0.05, 0) is 31.2 Å². The monoisotopic (exact) mass is 387 g/mol. The van der Waals surface area contributed by atoms with Crippen LogP contribution in [-0.4, -0.2) is 44.0 Å². The second-order valence-corrected chi connectivity index (χ2v) is 8.05. The molecule has 0 spiro atoms. The highest BCUT2D eigenvalue weighted by atomic mass is 35.5. The van der Waals surface area contributed by atoms with Gasteiger partial charge in [0, 0.05) is 34.5 Å². The number of likely N-dealkylation sites (tertiary alicyclic amines) is 1. The fraction of sp³-hybridized carbons (Fsp3) is 0.381. The van der Waals surface area contributed by atoms with Crippen LogP contribution in [0.25, 0.3) is 0 Å². The average molecular weight is 388 g/mol. The summed E-state index contributed by atoms with van der Waals surface area (Å²) >= 11 is 6.30. The maximum absolute atomic E-state index is 11.8. The fourth-order valence-electron chi connectivity index (χ4n) is 4.32. The summed E-state index contributed by atoms with van der Waals surface area (Å²) in [4.78, 5) is 11.8. The molecule has 0 bridgehead atoms. The normalized spacial score (nSPS) is 25.4. The van der Waals surface area contributed by atoms with Crippen molar-refractivity contribution in [3.63, 3.8) is 0 Å². The van der Waals surface area contributed by atoms with Gasteiger partial charge in [0.15, 0.2) is 0 Å². The largest absolute Gasteiger partial charge is 0.457 e. The van der Waals surface area contributed by atoms with Crippen molar-refractivity contribution in [2.45, 2.75) is 18.8 Å². The summed E-state index contributed by atoms with van der Waals surface area (Å²) in [6, 6.07) is 14.0. The Morgan fingerprint density at radius 3 is 2.67 bits per heavy atom. The lowest BCUT2D eigenvalue weighted by molar-refractivity contribution is -0.915. The molecule has 3 unspecified atom stereocenters. The van der Waals surface area contributed by atoms with E-state index in [1.807, 2.05) is 37.3 Å². The Bertz CT molecular complexity index is 872. The second-order valence-electron chi connectivity index (χ2n) is 7.61. The molecule has 2 heterocycles. The van der Waals surface area contributed by atoms with Gasteiger partial charge in [0.25, 0.3) is 0 Å². The molecule has 0 aromatic heterocycles. The lowest BCUT2D eigenvalue weighted by Crippen LogP contribution is -2.45. The number of carbonyl (C=O) groups is 1. The topological polar surface area (TPSA) is 47.6 Å². The van der Waals surface area contributed by atoms with E-state index in [0.29, 0.717) is 22.8 Å². The molecule has 2 aliphatic heterocycles. The van der Waals surface area contributed by atoms with Crippen LogP contribution in [0.3, 0.4) is 0 Å². The molecule has 6 heteroatoms. The van der Waals surface area contributed by atoms with Crippen LogP contribution < -0.4 is 10.1 Å². The van der Waals surface area contributed by atoms with Gasteiger partial charge in [-0.2, -0.15) is 0 Å². The molecule has 0 saturated carbocycles. The molecule has 0 aliphatic carbocycles. The summed E-state index contributed by atoms with van der Waals surface area (Å²) in [5.41, 5.74) is 2.33. The first-order valence-electron chi connectivity index (χ1n) is 9.29. The van der Waals surface area contributed by atoms with E-state index in [9.17, 15) is 4.79 Å². The number of alkyl carbamates (subject to hydrolysis) is 1.